The smallest absolute Gasteiger partial charge is 0.246 e. The van der Waals surface area contributed by atoms with Gasteiger partial charge in [-0.2, -0.15) is 9.29 Å². The van der Waals surface area contributed by atoms with Crippen LogP contribution in [0.3, 0.4) is 0 Å². The molecule has 0 unspecified atom stereocenters. The average Bonchev–Trinajstić information content (AvgIpc) is 3.13. The van der Waals surface area contributed by atoms with Crippen LogP contribution in [-0.4, -0.2) is 50.2 Å². The molecule has 3 aromatic rings. The van der Waals surface area contributed by atoms with Crippen molar-refractivity contribution < 1.29 is 22.4 Å². The molecule has 1 fully saturated rings. The number of hydrogen-bond acceptors (Lipinski definition) is 8. The second-order valence-electron chi connectivity index (χ2n) is 7.78. The minimum atomic E-state index is -3.52. The molecule has 10 heteroatoms. The highest BCUT2D eigenvalue weighted by Gasteiger charge is 2.25. The molecule has 33 heavy (non-hydrogen) atoms. The van der Waals surface area contributed by atoms with Gasteiger partial charge in [0.1, 0.15) is 11.5 Å². The maximum absolute atomic E-state index is 13.1. The fraction of sp³-hybridized carbons (Fsp3) is 0.391. The second kappa shape index (κ2) is 10.2. The molecule has 1 N–H and O–H groups in total. The molecule has 0 spiro atoms. The summed E-state index contributed by atoms with van der Waals surface area (Å²) in [5, 5.41) is 7.21. The van der Waals surface area contributed by atoms with Crippen LogP contribution in [0.15, 0.2) is 51.9 Å². The van der Waals surface area contributed by atoms with Gasteiger partial charge in [0, 0.05) is 24.8 Å². The Morgan fingerprint density at radius 1 is 1.03 bits per heavy atom. The van der Waals surface area contributed by atoms with Crippen molar-refractivity contribution in [2.45, 2.75) is 37.1 Å². The molecule has 1 aliphatic rings. The topological polar surface area (TPSA) is 107 Å². The summed E-state index contributed by atoms with van der Waals surface area (Å²) in [5.41, 5.74) is 1.34. The summed E-state index contributed by atoms with van der Waals surface area (Å²) < 4.78 is 43.7. The molecule has 0 radical (unpaired) electrons. The minimum absolute atomic E-state index is 0.249. The monoisotopic (exact) mass is 472 g/mol. The fourth-order valence-corrected chi connectivity index (χ4v) is 5.36. The Morgan fingerprint density at radius 2 is 1.82 bits per heavy atom. The lowest BCUT2D eigenvalue weighted by molar-refractivity contribution is 0.382. The lowest BCUT2D eigenvalue weighted by atomic mass is 10.2. The van der Waals surface area contributed by atoms with Crippen molar-refractivity contribution in [1.29, 1.82) is 0 Å². The molecule has 0 atom stereocenters. The summed E-state index contributed by atoms with van der Waals surface area (Å²) in [5.74, 6) is 1.99. The maximum Gasteiger partial charge on any atom is 0.246 e. The Balaban J connectivity index is 1.46. The van der Waals surface area contributed by atoms with Gasteiger partial charge in [-0.3, -0.25) is 0 Å². The van der Waals surface area contributed by atoms with Crippen LogP contribution in [0.1, 0.15) is 31.6 Å². The summed E-state index contributed by atoms with van der Waals surface area (Å²) in [6.45, 7) is 1.39. The normalized spacial score (nSPS) is 15.1. The van der Waals surface area contributed by atoms with E-state index in [-0.39, 0.29) is 11.4 Å². The minimum Gasteiger partial charge on any atom is -0.497 e. The van der Waals surface area contributed by atoms with Crippen LogP contribution in [0.2, 0.25) is 0 Å². The highest BCUT2D eigenvalue weighted by atomic mass is 32.2. The van der Waals surface area contributed by atoms with Gasteiger partial charge >= 0.3 is 0 Å². The van der Waals surface area contributed by atoms with Crippen LogP contribution in [0.5, 0.6) is 11.5 Å². The summed E-state index contributed by atoms with van der Waals surface area (Å²) in [6, 6.07) is 12.2. The Kier molecular flexibility index (Phi) is 7.14. The quantitative estimate of drug-likeness (QED) is 0.526. The van der Waals surface area contributed by atoms with Gasteiger partial charge in [0.05, 0.1) is 31.2 Å². The molecular formula is C23H28N4O5S. The van der Waals surface area contributed by atoms with E-state index < -0.39 is 10.0 Å². The van der Waals surface area contributed by atoms with E-state index in [2.05, 4.69) is 15.5 Å². The van der Waals surface area contributed by atoms with E-state index in [1.165, 1.54) is 0 Å². The van der Waals surface area contributed by atoms with Crippen molar-refractivity contribution in [3.8, 4) is 22.9 Å². The zero-order valence-corrected chi connectivity index (χ0v) is 19.6. The number of hydrogen-bond donors (Lipinski definition) is 1. The molecule has 0 aliphatic carbocycles. The molecule has 9 nitrogen and oxygen atoms in total. The predicted molar refractivity (Wildman–Crippen MR) is 124 cm³/mol. The van der Waals surface area contributed by atoms with E-state index in [1.807, 2.05) is 6.07 Å². The van der Waals surface area contributed by atoms with Gasteiger partial charge in [0.2, 0.25) is 21.7 Å². The summed E-state index contributed by atoms with van der Waals surface area (Å²) in [4.78, 5) is 4.71. The standard InChI is InChI=1S/C23H28N4O5S/c1-30-18-10-11-20(21(15-18)31-2)23-25-22(32-26-23)16-24-17-8-7-9-19(14-17)33(28,29)27-12-5-3-4-6-13-27/h7-11,14-15,24H,3-6,12-13,16H2,1-2H3. The number of nitrogens with zero attached hydrogens (tertiary/aromatic N) is 3. The van der Waals surface area contributed by atoms with Crippen molar-refractivity contribution in [2.24, 2.45) is 0 Å². The first-order chi connectivity index (χ1) is 16.0. The van der Waals surface area contributed by atoms with Crippen LogP contribution >= 0.6 is 0 Å². The van der Waals surface area contributed by atoms with Crippen LogP contribution in [0.4, 0.5) is 5.69 Å². The van der Waals surface area contributed by atoms with Crippen LogP contribution in [0, 0.1) is 0 Å². The van der Waals surface area contributed by atoms with E-state index >= 15 is 0 Å². The van der Waals surface area contributed by atoms with Gasteiger partial charge in [0.25, 0.3) is 0 Å². The Labute approximate surface area is 193 Å². The Morgan fingerprint density at radius 3 is 2.55 bits per heavy atom. The molecule has 2 heterocycles. The van der Waals surface area contributed by atoms with E-state index in [0.717, 1.165) is 25.7 Å². The van der Waals surface area contributed by atoms with Crippen molar-refractivity contribution in [3.63, 3.8) is 0 Å². The molecule has 4 rings (SSSR count). The summed E-state index contributed by atoms with van der Waals surface area (Å²) in [6.07, 6.45) is 3.94. The molecular weight excluding hydrogens is 444 g/mol. The Hall–Kier alpha value is -3.11. The van der Waals surface area contributed by atoms with Crippen molar-refractivity contribution in [1.82, 2.24) is 14.4 Å². The van der Waals surface area contributed by atoms with Gasteiger partial charge < -0.3 is 19.3 Å². The zero-order valence-electron chi connectivity index (χ0n) is 18.8. The van der Waals surface area contributed by atoms with Gasteiger partial charge in [0.15, 0.2) is 0 Å². The molecule has 1 aromatic heterocycles. The number of benzene rings is 2. The molecule has 1 saturated heterocycles. The first-order valence-corrected chi connectivity index (χ1v) is 12.3. The van der Waals surface area contributed by atoms with E-state index in [4.69, 9.17) is 14.0 Å². The molecule has 176 valence electrons. The Bertz CT molecular complexity index is 1190. The molecule has 1 aliphatic heterocycles. The lowest BCUT2D eigenvalue weighted by Crippen LogP contribution is -2.31. The number of anilines is 1. The average molecular weight is 473 g/mol. The molecule has 0 saturated carbocycles. The van der Waals surface area contributed by atoms with E-state index in [1.54, 1.807) is 54.9 Å². The van der Waals surface area contributed by atoms with Gasteiger partial charge in [-0.15, -0.1) is 0 Å². The first-order valence-electron chi connectivity index (χ1n) is 10.9. The number of aromatic nitrogens is 2. The zero-order chi connectivity index (χ0) is 23.3. The lowest BCUT2D eigenvalue weighted by Gasteiger charge is -2.20. The number of nitrogens with one attached hydrogen (secondary N) is 1. The van der Waals surface area contributed by atoms with Crippen molar-refractivity contribution in [3.05, 3.63) is 48.4 Å². The largest absolute Gasteiger partial charge is 0.497 e. The summed E-state index contributed by atoms with van der Waals surface area (Å²) in [7, 11) is -0.371. The number of ether oxygens (including phenoxy) is 2. The number of rotatable bonds is 8. The predicted octanol–water partition coefficient (Wildman–Crippen LogP) is 3.93. The van der Waals surface area contributed by atoms with E-state index in [9.17, 15) is 8.42 Å². The number of methoxy groups -OCH3 is 2. The van der Waals surface area contributed by atoms with Gasteiger partial charge in [-0.25, -0.2) is 8.42 Å². The molecule has 0 bridgehead atoms. The highest BCUT2D eigenvalue weighted by Crippen LogP contribution is 2.31. The van der Waals surface area contributed by atoms with Gasteiger partial charge in [-0.1, -0.05) is 24.1 Å². The van der Waals surface area contributed by atoms with Crippen molar-refractivity contribution >= 4 is 15.7 Å². The third kappa shape index (κ3) is 5.28. The van der Waals surface area contributed by atoms with Crippen LogP contribution in [-0.2, 0) is 16.6 Å². The van der Waals surface area contributed by atoms with E-state index in [0.29, 0.717) is 47.6 Å². The second-order valence-corrected chi connectivity index (χ2v) is 9.72. The third-order valence-electron chi connectivity index (χ3n) is 5.60. The van der Waals surface area contributed by atoms with Crippen LogP contribution < -0.4 is 14.8 Å². The summed E-state index contributed by atoms with van der Waals surface area (Å²) >= 11 is 0. The third-order valence-corrected chi connectivity index (χ3v) is 7.49. The molecule has 0 amide bonds. The van der Waals surface area contributed by atoms with Gasteiger partial charge in [-0.05, 0) is 43.2 Å². The first kappa shape index (κ1) is 23.1. The SMILES string of the molecule is COc1ccc(-c2noc(CNc3cccc(S(=O)(=O)N4CCCCCC4)c3)n2)c(OC)c1. The van der Waals surface area contributed by atoms with Crippen molar-refractivity contribution in [2.75, 3.05) is 32.6 Å². The van der Waals surface area contributed by atoms with Crippen LogP contribution in [0.25, 0.3) is 11.4 Å². The highest BCUT2D eigenvalue weighted by molar-refractivity contribution is 7.89. The number of sulfonamides is 1. The fourth-order valence-electron chi connectivity index (χ4n) is 3.79. The maximum atomic E-state index is 13.1. The molecule has 2 aromatic carbocycles.